The first-order chi connectivity index (χ1) is 12.7. The molecule has 0 aliphatic carbocycles. The average Bonchev–Trinajstić information content (AvgIpc) is 3.11. The lowest BCUT2D eigenvalue weighted by Crippen LogP contribution is -2.43. The quantitative estimate of drug-likeness (QED) is 0.916. The fourth-order valence-corrected chi connectivity index (χ4v) is 3.63. The van der Waals surface area contributed by atoms with Gasteiger partial charge >= 0.3 is 0 Å². The second kappa shape index (κ2) is 7.62. The fourth-order valence-electron chi connectivity index (χ4n) is 3.63. The van der Waals surface area contributed by atoms with E-state index in [1.165, 1.54) is 22.3 Å². The van der Waals surface area contributed by atoms with E-state index >= 15 is 0 Å². The van der Waals surface area contributed by atoms with E-state index in [1.54, 1.807) is 0 Å². The molecule has 1 unspecified atom stereocenters. The molecular formula is C22H27N3O. The number of rotatable bonds is 4. The van der Waals surface area contributed by atoms with Crippen LogP contribution in [0, 0.1) is 0 Å². The van der Waals surface area contributed by atoms with Crippen LogP contribution in [-0.2, 0) is 11.4 Å². The Bertz CT molecular complexity index is 776. The second-order valence-corrected chi connectivity index (χ2v) is 7.33. The molecule has 2 aromatic carbocycles. The number of likely N-dealkylation sites (N-methyl/N-ethyl adjacent to an activating group) is 1. The first-order valence-electron chi connectivity index (χ1n) is 9.42. The maximum Gasteiger partial charge on any atom is 0.103 e. The van der Waals surface area contributed by atoms with Crippen LogP contribution in [0.4, 0.5) is 0 Å². The molecule has 0 spiro atoms. The second-order valence-electron chi connectivity index (χ2n) is 7.33. The summed E-state index contributed by atoms with van der Waals surface area (Å²) in [5.74, 6) is 0. The summed E-state index contributed by atoms with van der Waals surface area (Å²) < 4.78 is 0. The van der Waals surface area contributed by atoms with Crippen molar-refractivity contribution in [3.63, 3.8) is 0 Å². The van der Waals surface area contributed by atoms with Gasteiger partial charge in [0.2, 0.25) is 0 Å². The highest BCUT2D eigenvalue weighted by Crippen LogP contribution is 2.30. The van der Waals surface area contributed by atoms with Crippen LogP contribution in [0.2, 0.25) is 0 Å². The normalized spacial score (nSPS) is 21.5. The Balaban J connectivity index is 1.52. The molecule has 136 valence electrons. The monoisotopic (exact) mass is 349 g/mol. The summed E-state index contributed by atoms with van der Waals surface area (Å²) in [5, 5.41) is 0. The Morgan fingerprint density at radius 3 is 2.31 bits per heavy atom. The third kappa shape index (κ3) is 3.83. The zero-order valence-electron chi connectivity index (χ0n) is 15.6. The molecule has 26 heavy (non-hydrogen) atoms. The van der Waals surface area contributed by atoms with E-state index in [1.807, 2.05) is 6.92 Å². The maximum absolute atomic E-state index is 5.47. The summed E-state index contributed by atoms with van der Waals surface area (Å²) in [6.45, 7) is 7.70. The third-order valence-corrected chi connectivity index (χ3v) is 5.24. The molecule has 0 bridgehead atoms. The number of hydrogen-bond donors (Lipinski definition) is 1. The molecule has 2 aliphatic heterocycles. The van der Waals surface area contributed by atoms with Crippen molar-refractivity contribution in [2.75, 3.05) is 33.2 Å². The zero-order chi connectivity index (χ0) is 17.9. The highest BCUT2D eigenvalue weighted by atomic mass is 16.7. The van der Waals surface area contributed by atoms with Crippen LogP contribution in [0.25, 0.3) is 16.8 Å². The molecule has 4 nitrogen and oxygen atoms in total. The number of nitrogens with zero attached hydrogens (tertiary/aromatic N) is 2. The van der Waals surface area contributed by atoms with Crippen molar-refractivity contribution in [2.45, 2.75) is 19.6 Å². The number of hydrogen-bond acceptors (Lipinski definition) is 4. The van der Waals surface area contributed by atoms with Gasteiger partial charge in [-0.2, -0.15) is 0 Å². The van der Waals surface area contributed by atoms with E-state index in [0.717, 1.165) is 38.4 Å². The minimum Gasteiger partial charge on any atom is -0.304 e. The van der Waals surface area contributed by atoms with Gasteiger partial charge in [-0.25, -0.2) is 0 Å². The van der Waals surface area contributed by atoms with E-state index in [4.69, 9.17) is 4.84 Å². The molecule has 4 rings (SSSR count). The van der Waals surface area contributed by atoms with Crippen LogP contribution in [0.3, 0.4) is 0 Å². The SMILES string of the molecule is CC1C=C(c2ccccc2-c2ccc(CN3CCN(C)CC3)cc2)NO1. The molecule has 0 amide bonds. The zero-order valence-corrected chi connectivity index (χ0v) is 15.6. The van der Waals surface area contributed by atoms with E-state index in [2.05, 4.69) is 76.9 Å². The Morgan fingerprint density at radius 1 is 0.962 bits per heavy atom. The summed E-state index contributed by atoms with van der Waals surface area (Å²) in [6, 6.07) is 17.5. The smallest absolute Gasteiger partial charge is 0.103 e. The summed E-state index contributed by atoms with van der Waals surface area (Å²) in [4.78, 5) is 10.4. The Morgan fingerprint density at radius 2 is 1.65 bits per heavy atom. The fraction of sp³-hybridized carbons (Fsp3) is 0.364. The molecule has 1 saturated heterocycles. The summed E-state index contributed by atoms with van der Waals surface area (Å²) in [6.07, 6.45) is 2.23. The van der Waals surface area contributed by atoms with Crippen LogP contribution < -0.4 is 5.48 Å². The van der Waals surface area contributed by atoms with Crippen molar-refractivity contribution in [3.05, 3.63) is 65.7 Å². The molecular weight excluding hydrogens is 322 g/mol. The predicted octanol–water partition coefficient (Wildman–Crippen LogP) is 3.37. The Labute approximate surface area is 156 Å². The summed E-state index contributed by atoms with van der Waals surface area (Å²) in [7, 11) is 2.20. The van der Waals surface area contributed by atoms with Gasteiger partial charge in [-0.1, -0.05) is 48.5 Å². The largest absolute Gasteiger partial charge is 0.304 e. The summed E-state index contributed by atoms with van der Waals surface area (Å²) >= 11 is 0. The number of nitrogens with one attached hydrogen (secondary N) is 1. The van der Waals surface area contributed by atoms with Crippen molar-refractivity contribution in [1.82, 2.24) is 15.3 Å². The molecule has 1 fully saturated rings. The minimum absolute atomic E-state index is 0.101. The lowest BCUT2D eigenvalue weighted by Gasteiger charge is -2.32. The van der Waals surface area contributed by atoms with Gasteiger partial charge in [0.15, 0.2) is 0 Å². The van der Waals surface area contributed by atoms with E-state index in [-0.39, 0.29) is 6.10 Å². The first kappa shape index (κ1) is 17.3. The molecule has 1 atom stereocenters. The maximum atomic E-state index is 5.47. The highest BCUT2D eigenvalue weighted by molar-refractivity contribution is 5.81. The van der Waals surface area contributed by atoms with Gasteiger partial charge in [0, 0.05) is 38.3 Å². The average molecular weight is 349 g/mol. The van der Waals surface area contributed by atoms with Crippen LogP contribution in [0.15, 0.2) is 54.6 Å². The van der Waals surface area contributed by atoms with Crippen molar-refractivity contribution in [3.8, 4) is 11.1 Å². The predicted molar refractivity (Wildman–Crippen MR) is 106 cm³/mol. The highest BCUT2D eigenvalue weighted by Gasteiger charge is 2.17. The number of hydroxylamine groups is 1. The van der Waals surface area contributed by atoms with Crippen LogP contribution in [-0.4, -0.2) is 49.1 Å². The first-order valence-corrected chi connectivity index (χ1v) is 9.42. The van der Waals surface area contributed by atoms with Gasteiger partial charge < -0.3 is 4.90 Å². The third-order valence-electron chi connectivity index (χ3n) is 5.24. The molecule has 1 N–H and O–H groups in total. The lowest BCUT2D eigenvalue weighted by atomic mass is 9.96. The molecule has 4 heteroatoms. The molecule has 2 aliphatic rings. The Kier molecular flexibility index (Phi) is 5.07. The van der Waals surface area contributed by atoms with Crippen LogP contribution >= 0.6 is 0 Å². The van der Waals surface area contributed by atoms with Crippen molar-refractivity contribution in [2.24, 2.45) is 0 Å². The number of piperazine rings is 1. The topological polar surface area (TPSA) is 27.7 Å². The molecule has 2 aromatic rings. The van der Waals surface area contributed by atoms with Crippen molar-refractivity contribution >= 4 is 5.70 Å². The van der Waals surface area contributed by atoms with Gasteiger partial charge in [-0.15, -0.1) is 0 Å². The Hall–Kier alpha value is -2.14. The minimum atomic E-state index is 0.101. The number of benzene rings is 2. The molecule has 2 heterocycles. The van der Waals surface area contributed by atoms with Crippen molar-refractivity contribution in [1.29, 1.82) is 0 Å². The standard InChI is InChI=1S/C22H27N3O/c1-17-15-22(23-26-17)21-6-4-3-5-20(21)19-9-7-18(8-10-19)16-25-13-11-24(2)12-14-25/h3-10,15,17,23H,11-14,16H2,1-2H3. The summed E-state index contributed by atoms with van der Waals surface area (Å²) in [5.41, 5.74) is 9.14. The van der Waals surface area contributed by atoms with Crippen molar-refractivity contribution < 1.29 is 4.84 Å². The van der Waals surface area contributed by atoms with Gasteiger partial charge in [0.25, 0.3) is 0 Å². The lowest BCUT2D eigenvalue weighted by molar-refractivity contribution is 0.0625. The molecule has 0 radical (unpaired) electrons. The van der Waals surface area contributed by atoms with E-state index in [0.29, 0.717) is 0 Å². The van der Waals surface area contributed by atoms with E-state index < -0.39 is 0 Å². The van der Waals surface area contributed by atoms with Crippen LogP contribution in [0.1, 0.15) is 18.1 Å². The van der Waals surface area contributed by atoms with Gasteiger partial charge in [-0.3, -0.25) is 15.2 Å². The molecule has 0 saturated carbocycles. The van der Waals surface area contributed by atoms with E-state index in [9.17, 15) is 0 Å². The van der Waals surface area contributed by atoms with Crippen LogP contribution in [0.5, 0.6) is 0 Å². The van der Waals surface area contributed by atoms with Gasteiger partial charge in [0.05, 0.1) is 5.70 Å². The van der Waals surface area contributed by atoms with Gasteiger partial charge in [-0.05, 0) is 36.7 Å². The van der Waals surface area contributed by atoms with Gasteiger partial charge in [0.1, 0.15) is 6.10 Å². The molecule has 0 aromatic heterocycles.